The number of hydrogen-bond donors (Lipinski definition) is 1. The van der Waals surface area contributed by atoms with Crippen molar-refractivity contribution in [1.29, 1.82) is 0 Å². The molecule has 0 bridgehead atoms. The van der Waals surface area contributed by atoms with Crippen molar-refractivity contribution in [3.8, 4) is 0 Å². The first-order chi connectivity index (χ1) is 10.2. The quantitative estimate of drug-likeness (QED) is 0.585. The number of fused-ring (bicyclic) bond motifs is 1. The van der Waals surface area contributed by atoms with Crippen LogP contribution >= 0.6 is 0 Å². The number of esters is 1. The summed E-state index contributed by atoms with van der Waals surface area (Å²) in [6.45, 7) is 0.508. The third-order valence-corrected chi connectivity index (χ3v) is 3.23. The molecule has 2 aromatic heterocycles. The van der Waals surface area contributed by atoms with Crippen molar-refractivity contribution >= 4 is 22.6 Å². The molecule has 1 aromatic carbocycles. The topological polar surface area (TPSA) is 83.0 Å². The zero-order valence-electron chi connectivity index (χ0n) is 11.5. The zero-order chi connectivity index (χ0) is 14.8. The first-order valence-corrected chi connectivity index (χ1v) is 6.41. The van der Waals surface area contributed by atoms with Crippen molar-refractivity contribution in [1.82, 2.24) is 14.8 Å². The molecular formula is C15H14N4O2. The van der Waals surface area contributed by atoms with Gasteiger partial charge < -0.3 is 10.5 Å². The summed E-state index contributed by atoms with van der Waals surface area (Å²) >= 11 is 0. The van der Waals surface area contributed by atoms with Crippen LogP contribution in [0.2, 0.25) is 0 Å². The fraction of sp³-hybridized carbons (Fsp3) is 0.133. The molecule has 0 spiro atoms. The van der Waals surface area contributed by atoms with Crippen LogP contribution in [-0.2, 0) is 11.3 Å². The summed E-state index contributed by atoms with van der Waals surface area (Å²) in [5, 5.41) is 5.36. The van der Waals surface area contributed by atoms with Crippen molar-refractivity contribution in [2.45, 2.75) is 6.54 Å². The van der Waals surface area contributed by atoms with Gasteiger partial charge in [-0.25, -0.2) is 4.79 Å². The van der Waals surface area contributed by atoms with Gasteiger partial charge in [-0.2, -0.15) is 5.10 Å². The lowest BCUT2D eigenvalue weighted by Crippen LogP contribution is -2.06. The second-order valence-corrected chi connectivity index (χ2v) is 4.65. The van der Waals surface area contributed by atoms with Gasteiger partial charge in [0.15, 0.2) is 0 Å². The summed E-state index contributed by atoms with van der Waals surface area (Å²) in [5.74, 6) is -0.397. The molecule has 0 aliphatic rings. The van der Waals surface area contributed by atoms with E-state index in [1.807, 2.05) is 22.9 Å². The van der Waals surface area contributed by atoms with Crippen molar-refractivity contribution in [2.75, 3.05) is 12.8 Å². The highest BCUT2D eigenvalue weighted by molar-refractivity contribution is 5.88. The van der Waals surface area contributed by atoms with Crippen LogP contribution in [0.15, 0.2) is 42.7 Å². The first-order valence-electron chi connectivity index (χ1n) is 6.41. The lowest BCUT2D eigenvalue weighted by Gasteiger charge is -2.05. The van der Waals surface area contributed by atoms with E-state index in [0.29, 0.717) is 17.8 Å². The van der Waals surface area contributed by atoms with E-state index in [4.69, 9.17) is 5.73 Å². The van der Waals surface area contributed by atoms with Crippen LogP contribution in [-0.4, -0.2) is 27.8 Å². The highest BCUT2D eigenvalue weighted by atomic mass is 16.5. The summed E-state index contributed by atoms with van der Waals surface area (Å²) < 4.78 is 6.47. The van der Waals surface area contributed by atoms with Gasteiger partial charge in [-0.3, -0.25) is 9.67 Å². The van der Waals surface area contributed by atoms with Gasteiger partial charge in [-0.1, -0.05) is 0 Å². The maximum Gasteiger partial charge on any atom is 0.339 e. The van der Waals surface area contributed by atoms with Crippen molar-refractivity contribution in [3.05, 3.63) is 54.0 Å². The van der Waals surface area contributed by atoms with E-state index >= 15 is 0 Å². The number of ether oxygens (including phenoxy) is 1. The first kappa shape index (κ1) is 13.1. The number of hydrogen-bond acceptors (Lipinski definition) is 5. The number of methoxy groups -OCH3 is 1. The maximum absolute atomic E-state index is 11.4. The van der Waals surface area contributed by atoms with Gasteiger partial charge in [0, 0.05) is 17.3 Å². The highest BCUT2D eigenvalue weighted by Gasteiger charge is 2.07. The molecule has 3 aromatic rings. The van der Waals surface area contributed by atoms with Gasteiger partial charge in [-0.15, -0.1) is 0 Å². The van der Waals surface area contributed by atoms with Crippen molar-refractivity contribution in [3.63, 3.8) is 0 Å². The standard InChI is InChI=1S/C15H14N4O2/c1-21-15(20)11-3-5-13(17-7-11)9-19-14-6-12(16)4-2-10(14)8-18-19/h2-8H,9,16H2,1H3. The molecule has 0 atom stereocenters. The highest BCUT2D eigenvalue weighted by Crippen LogP contribution is 2.17. The summed E-state index contributed by atoms with van der Waals surface area (Å²) in [5.41, 5.74) is 8.68. The Hall–Kier alpha value is -2.89. The molecule has 0 saturated carbocycles. The molecule has 3 rings (SSSR count). The average molecular weight is 282 g/mol. The van der Waals surface area contributed by atoms with E-state index in [9.17, 15) is 4.79 Å². The Morgan fingerprint density at radius 2 is 2.14 bits per heavy atom. The minimum atomic E-state index is -0.397. The number of nitrogens with zero attached hydrogens (tertiary/aromatic N) is 3. The molecule has 6 nitrogen and oxygen atoms in total. The van der Waals surface area contributed by atoms with Gasteiger partial charge in [0.1, 0.15) is 0 Å². The summed E-state index contributed by atoms with van der Waals surface area (Å²) in [6, 6.07) is 9.13. The summed E-state index contributed by atoms with van der Waals surface area (Å²) in [4.78, 5) is 15.6. The largest absolute Gasteiger partial charge is 0.465 e. The van der Waals surface area contributed by atoms with Crippen LogP contribution in [0.25, 0.3) is 10.9 Å². The molecule has 106 valence electrons. The second-order valence-electron chi connectivity index (χ2n) is 4.65. The maximum atomic E-state index is 11.4. The number of nitrogens with two attached hydrogens (primary N) is 1. The van der Waals surface area contributed by atoms with Gasteiger partial charge in [-0.05, 0) is 30.3 Å². The summed E-state index contributed by atoms with van der Waals surface area (Å²) in [7, 11) is 1.34. The van der Waals surface area contributed by atoms with Gasteiger partial charge in [0.2, 0.25) is 0 Å². The third kappa shape index (κ3) is 2.55. The van der Waals surface area contributed by atoms with Crippen LogP contribution in [0.1, 0.15) is 16.1 Å². The number of benzene rings is 1. The number of carbonyl (C=O) groups excluding carboxylic acids is 1. The second kappa shape index (κ2) is 5.24. The van der Waals surface area contributed by atoms with E-state index in [2.05, 4.69) is 14.8 Å². The lowest BCUT2D eigenvalue weighted by atomic mass is 10.2. The Labute approximate surface area is 121 Å². The van der Waals surface area contributed by atoms with E-state index in [1.165, 1.54) is 13.3 Å². The molecule has 2 heterocycles. The number of anilines is 1. The van der Waals surface area contributed by atoms with E-state index in [1.54, 1.807) is 18.3 Å². The fourth-order valence-electron chi connectivity index (χ4n) is 2.12. The Bertz CT molecular complexity index is 793. The Kier molecular flexibility index (Phi) is 3.27. The average Bonchev–Trinajstić information content (AvgIpc) is 2.89. The zero-order valence-corrected chi connectivity index (χ0v) is 11.5. The molecule has 21 heavy (non-hydrogen) atoms. The molecule has 6 heteroatoms. The molecule has 0 aliphatic carbocycles. The monoisotopic (exact) mass is 282 g/mol. The predicted molar refractivity (Wildman–Crippen MR) is 78.8 cm³/mol. The Balaban J connectivity index is 1.88. The van der Waals surface area contributed by atoms with Crippen LogP contribution in [0.3, 0.4) is 0 Å². The van der Waals surface area contributed by atoms with Crippen molar-refractivity contribution < 1.29 is 9.53 Å². The van der Waals surface area contributed by atoms with E-state index in [0.717, 1.165) is 16.6 Å². The third-order valence-electron chi connectivity index (χ3n) is 3.23. The molecule has 2 N–H and O–H groups in total. The smallest absolute Gasteiger partial charge is 0.339 e. The SMILES string of the molecule is COC(=O)c1ccc(Cn2ncc3ccc(N)cc32)nc1. The van der Waals surface area contributed by atoms with Crippen molar-refractivity contribution in [2.24, 2.45) is 0 Å². The normalized spacial score (nSPS) is 10.7. The van der Waals surface area contributed by atoms with Crippen LogP contribution in [0.4, 0.5) is 5.69 Å². The lowest BCUT2D eigenvalue weighted by molar-refractivity contribution is 0.0600. The number of rotatable bonds is 3. The van der Waals surface area contributed by atoms with Crippen LogP contribution in [0, 0.1) is 0 Å². The molecule has 0 aliphatic heterocycles. The molecule has 0 saturated heterocycles. The van der Waals surface area contributed by atoms with E-state index < -0.39 is 5.97 Å². The van der Waals surface area contributed by atoms with Gasteiger partial charge in [0.05, 0.1) is 36.6 Å². The summed E-state index contributed by atoms with van der Waals surface area (Å²) in [6.07, 6.45) is 3.29. The fourth-order valence-corrected chi connectivity index (χ4v) is 2.12. The molecule has 0 fully saturated rings. The molecule has 0 amide bonds. The van der Waals surface area contributed by atoms with Gasteiger partial charge in [0.25, 0.3) is 0 Å². The Morgan fingerprint density at radius 1 is 1.29 bits per heavy atom. The van der Waals surface area contributed by atoms with Crippen LogP contribution < -0.4 is 5.73 Å². The number of nitrogen functional groups attached to an aromatic ring is 1. The molecule has 0 radical (unpaired) electrons. The minimum absolute atomic E-state index is 0.397. The Morgan fingerprint density at radius 3 is 2.86 bits per heavy atom. The molecular weight excluding hydrogens is 268 g/mol. The van der Waals surface area contributed by atoms with Crippen LogP contribution in [0.5, 0.6) is 0 Å². The van der Waals surface area contributed by atoms with Gasteiger partial charge >= 0.3 is 5.97 Å². The predicted octanol–water partition coefficient (Wildman–Crippen LogP) is 1.85. The minimum Gasteiger partial charge on any atom is -0.465 e. The molecule has 0 unspecified atom stereocenters. The number of aromatic nitrogens is 3. The van der Waals surface area contributed by atoms with E-state index in [-0.39, 0.29) is 0 Å². The number of pyridine rings is 1. The number of carbonyl (C=O) groups is 1.